The average Bonchev–Trinajstić information content (AvgIpc) is 2.50. The van der Waals surface area contributed by atoms with E-state index in [-0.39, 0.29) is 17.9 Å². The number of rotatable bonds is 7. The number of fused-ring (bicyclic) bond motifs is 1. The van der Waals surface area contributed by atoms with E-state index in [4.69, 9.17) is 16.3 Å². The van der Waals surface area contributed by atoms with Crippen LogP contribution in [0.15, 0.2) is 35.3 Å². The number of benzene rings is 1. The summed E-state index contributed by atoms with van der Waals surface area (Å²) in [5, 5.41) is 3.92. The van der Waals surface area contributed by atoms with E-state index in [2.05, 4.69) is 5.32 Å². The van der Waals surface area contributed by atoms with Gasteiger partial charge in [-0.25, -0.2) is 0 Å². The van der Waals surface area contributed by atoms with Crippen molar-refractivity contribution in [3.05, 3.63) is 45.7 Å². The maximum Gasteiger partial charge on any atom is 0.239 e. The standard InChI is InChI=1S/C16H19ClN2O3/c1-2-22-9-3-7-18-16(21)11-19-8-6-15(20)13-5-4-12(17)10-14(13)19/h4-6,8,10H,2-3,7,9,11H2,1H3,(H,18,21). The van der Waals surface area contributed by atoms with Crippen LogP contribution < -0.4 is 10.7 Å². The Morgan fingerprint density at radius 1 is 1.36 bits per heavy atom. The third-order valence-corrected chi connectivity index (χ3v) is 3.48. The molecule has 0 aliphatic rings. The number of ether oxygens (including phenoxy) is 1. The lowest BCUT2D eigenvalue weighted by atomic mass is 10.2. The van der Waals surface area contributed by atoms with Gasteiger partial charge in [0, 0.05) is 42.4 Å². The van der Waals surface area contributed by atoms with Gasteiger partial charge >= 0.3 is 0 Å². The van der Waals surface area contributed by atoms with E-state index in [9.17, 15) is 9.59 Å². The average molecular weight is 323 g/mol. The molecule has 0 bridgehead atoms. The number of pyridine rings is 1. The normalized spacial score (nSPS) is 10.8. The third kappa shape index (κ3) is 4.32. The van der Waals surface area contributed by atoms with Crippen LogP contribution in [0.2, 0.25) is 5.02 Å². The Kier molecular flexibility index (Phi) is 5.98. The molecule has 0 unspecified atom stereocenters. The Balaban J connectivity index is 2.05. The minimum Gasteiger partial charge on any atom is -0.382 e. The van der Waals surface area contributed by atoms with Crippen molar-refractivity contribution in [3.63, 3.8) is 0 Å². The summed E-state index contributed by atoms with van der Waals surface area (Å²) in [7, 11) is 0. The summed E-state index contributed by atoms with van der Waals surface area (Å²) in [6.07, 6.45) is 2.39. The van der Waals surface area contributed by atoms with Gasteiger partial charge in [0.15, 0.2) is 5.43 Å². The van der Waals surface area contributed by atoms with Crippen LogP contribution in [0, 0.1) is 0 Å². The zero-order valence-electron chi connectivity index (χ0n) is 12.5. The van der Waals surface area contributed by atoms with E-state index in [0.29, 0.717) is 35.7 Å². The molecule has 118 valence electrons. The maximum atomic E-state index is 12.0. The quantitative estimate of drug-likeness (QED) is 0.795. The Labute approximate surface area is 133 Å². The molecular formula is C16H19ClN2O3. The zero-order chi connectivity index (χ0) is 15.9. The highest BCUT2D eigenvalue weighted by atomic mass is 35.5. The first-order chi connectivity index (χ1) is 10.6. The highest BCUT2D eigenvalue weighted by molar-refractivity contribution is 6.31. The molecule has 0 saturated carbocycles. The van der Waals surface area contributed by atoms with Crippen LogP contribution in [0.1, 0.15) is 13.3 Å². The molecule has 2 rings (SSSR count). The van der Waals surface area contributed by atoms with E-state index in [1.807, 2.05) is 6.92 Å². The van der Waals surface area contributed by atoms with Gasteiger partial charge in [0.1, 0.15) is 6.54 Å². The number of amides is 1. The number of halogens is 1. The molecule has 22 heavy (non-hydrogen) atoms. The smallest absolute Gasteiger partial charge is 0.239 e. The van der Waals surface area contributed by atoms with Crippen LogP contribution in [-0.4, -0.2) is 30.2 Å². The molecular weight excluding hydrogens is 304 g/mol. The predicted octanol–water partition coefficient (Wildman–Crippen LogP) is 2.20. The van der Waals surface area contributed by atoms with Crippen molar-refractivity contribution in [2.75, 3.05) is 19.8 Å². The zero-order valence-corrected chi connectivity index (χ0v) is 13.2. The molecule has 1 amide bonds. The summed E-state index contributed by atoms with van der Waals surface area (Å²) in [5.74, 6) is -0.110. The molecule has 0 saturated heterocycles. The third-order valence-electron chi connectivity index (χ3n) is 3.25. The number of hydrogen-bond acceptors (Lipinski definition) is 3. The first kappa shape index (κ1) is 16.5. The molecule has 5 nitrogen and oxygen atoms in total. The number of hydrogen-bond donors (Lipinski definition) is 1. The van der Waals surface area contributed by atoms with Gasteiger partial charge in [-0.15, -0.1) is 0 Å². The van der Waals surface area contributed by atoms with Crippen LogP contribution in [0.3, 0.4) is 0 Å². The van der Waals surface area contributed by atoms with Crippen molar-refractivity contribution in [1.82, 2.24) is 9.88 Å². The van der Waals surface area contributed by atoms with Gasteiger partial charge in [-0.05, 0) is 31.5 Å². The maximum absolute atomic E-state index is 12.0. The van der Waals surface area contributed by atoms with E-state index in [0.717, 1.165) is 6.42 Å². The van der Waals surface area contributed by atoms with E-state index in [1.165, 1.54) is 6.07 Å². The van der Waals surface area contributed by atoms with E-state index < -0.39 is 0 Å². The monoisotopic (exact) mass is 322 g/mol. The molecule has 0 spiro atoms. The van der Waals surface area contributed by atoms with Gasteiger partial charge in [0.05, 0.1) is 5.52 Å². The summed E-state index contributed by atoms with van der Waals surface area (Å²) in [4.78, 5) is 23.8. The fourth-order valence-corrected chi connectivity index (χ4v) is 2.34. The minimum absolute atomic E-state index is 0.0833. The van der Waals surface area contributed by atoms with Crippen molar-refractivity contribution >= 4 is 28.4 Å². The van der Waals surface area contributed by atoms with Crippen molar-refractivity contribution in [2.24, 2.45) is 0 Å². The van der Waals surface area contributed by atoms with Crippen molar-refractivity contribution in [3.8, 4) is 0 Å². The summed E-state index contributed by atoms with van der Waals surface area (Å²) < 4.78 is 6.93. The van der Waals surface area contributed by atoms with Gasteiger partial charge in [0.2, 0.25) is 5.91 Å². The van der Waals surface area contributed by atoms with Crippen molar-refractivity contribution in [2.45, 2.75) is 19.9 Å². The topological polar surface area (TPSA) is 60.3 Å². The van der Waals surface area contributed by atoms with Gasteiger partial charge in [0.25, 0.3) is 0 Å². The Morgan fingerprint density at radius 3 is 2.95 bits per heavy atom. The molecule has 1 heterocycles. The number of carbonyl (C=O) groups is 1. The number of nitrogens with one attached hydrogen (secondary N) is 1. The van der Waals surface area contributed by atoms with Gasteiger partial charge < -0.3 is 14.6 Å². The van der Waals surface area contributed by atoms with Crippen LogP contribution in [0.4, 0.5) is 0 Å². The van der Waals surface area contributed by atoms with Gasteiger partial charge in [-0.1, -0.05) is 11.6 Å². The van der Waals surface area contributed by atoms with E-state index in [1.54, 1.807) is 29.0 Å². The van der Waals surface area contributed by atoms with Gasteiger partial charge in [-0.3, -0.25) is 9.59 Å². The molecule has 0 radical (unpaired) electrons. The second kappa shape index (κ2) is 7.96. The molecule has 1 aromatic carbocycles. The van der Waals surface area contributed by atoms with E-state index >= 15 is 0 Å². The van der Waals surface area contributed by atoms with Crippen LogP contribution in [0.5, 0.6) is 0 Å². The second-order valence-electron chi connectivity index (χ2n) is 4.87. The SMILES string of the molecule is CCOCCCNC(=O)Cn1ccc(=O)c2ccc(Cl)cc21. The fraction of sp³-hybridized carbons (Fsp3) is 0.375. The highest BCUT2D eigenvalue weighted by Gasteiger charge is 2.07. The van der Waals surface area contributed by atoms with Crippen LogP contribution >= 0.6 is 11.6 Å². The highest BCUT2D eigenvalue weighted by Crippen LogP contribution is 2.16. The van der Waals surface area contributed by atoms with Gasteiger partial charge in [-0.2, -0.15) is 0 Å². The Bertz CT molecular complexity index is 712. The lowest BCUT2D eigenvalue weighted by Crippen LogP contribution is -2.29. The summed E-state index contributed by atoms with van der Waals surface area (Å²) in [6, 6.07) is 6.50. The molecule has 0 aliphatic carbocycles. The molecule has 1 aromatic heterocycles. The molecule has 0 fully saturated rings. The summed E-state index contributed by atoms with van der Waals surface area (Å²) in [5.41, 5.74) is 0.574. The first-order valence-corrected chi connectivity index (χ1v) is 7.62. The Morgan fingerprint density at radius 2 is 2.18 bits per heavy atom. The van der Waals surface area contributed by atoms with Crippen LogP contribution in [0.25, 0.3) is 10.9 Å². The number of nitrogens with zero attached hydrogens (tertiary/aromatic N) is 1. The largest absolute Gasteiger partial charge is 0.382 e. The van der Waals surface area contributed by atoms with Crippen molar-refractivity contribution < 1.29 is 9.53 Å². The lowest BCUT2D eigenvalue weighted by Gasteiger charge is -2.11. The summed E-state index contributed by atoms with van der Waals surface area (Å²) >= 11 is 5.98. The fourth-order valence-electron chi connectivity index (χ4n) is 2.17. The molecule has 0 aliphatic heterocycles. The molecule has 1 N–H and O–H groups in total. The second-order valence-corrected chi connectivity index (χ2v) is 5.31. The minimum atomic E-state index is -0.110. The predicted molar refractivity (Wildman–Crippen MR) is 87.3 cm³/mol. The first-order valence-electron chi connectivity index (χ1n) is 7.25. The molecule has 0 atom stereocenters. The molecule has 2 aromatic rings. The summed E-state index contributed by atoms with van der Waals surface area (Å²) in [6.45, 7) is 3.96. The Hall–Kier alpha value is -1.85. The number of carbonyl (C=O) groups excluding carboxylic acids is 1. The number of aromatic nitrogens is 1. The van der Waals surface area contributed by atoms with Crippen molar-refractivity contribution in [1.29, 1.82) is 0 Å². The molecule has 6 heteroatoms. The lowest BCUT2D eigenvalue weighted by molar-refractivity contribution is -0.121. The van der Waals surface area contributed by atoms with Crippen LogP contribution in [-0.2, 0) is 16.1 Å².